The van der Waals surface area contributed by atoms with Crippen LogP contribution in [0.25, 0.3) is 0 Å². The lowest BCUT2D eigenvalue weighted by atomic mass is 10.1. The Morgan fingerprint density at radius 3 is 3.12 bits per heavy atom. The van der Waals surface area contributed by atoms with Gasteiger partial charge in [-0.1, -0.05) is 6.92 Å². The van der Waals surface area contributed by atoms with Gasteiger partial charge >= 0.3 is 0 Å². The summed E-state index contributed by atoms with van der Waals surface area (Å²) < 4.78 is 0. The first kappa shape index (κ1) is 12.3. The topological polar surface area (TPSA) is 32.3 Å². The molecule has 0 bridgehead atoms. The molecule has 17 heavy (non-hydrogen) atoms. The van der Waals surface area contributed by atoms with Crippen molar-refractivity contribution in [2.24, 2.45) is 0 Å². The summed E-state index contributed by atoms with van der Waals surface area (Å²) in [7, 11) is 2.08. The lowest BCUT2D eigenvalue weighted by Gasteiger charge is -2.27. The van der Waals surface area contributed by atoms with Gasteiger partial charge in [-0.2, -0.15) is 0 Å². The Morgan fingerprint density at radius 2 is 2.35 bits per heavy atom. The number of hydrogen-bond donors (Lipinski definition) is 1. The Balaban J connectivity index is 2.20. The first-order valence-corrected chi connectivity index (χ1v) is 6.97. The Hall–Kier alpha value is -1.16. The molecule has 1 N–H and O–H groups in total. The van der Waals surface area contributed by atoms with E-state index in [1.807, 2.05) is 23.9 Å². The van der Waals surface area contributed by atoms with Gasteiger partial charge in [0.1, 0.15) is 0 Å². The Bertz CT molecular complexity index is 420. The molecule has 0 saturated heterocycles. The predicted octanol–water partition coefficient (Wildman–Crippen LogP) is 2.37. The minimum Gasteiger partial charge on any atom is -0.373 e. The maximum atomic E-state index is 11.9. The molecule has 3 nitrogen and oxygen atoms in total. The second kappa shape index (κ2) is 5.45. The first-order chi connectivity index (χ1) is 8.22. The second-order valence-electron chi connectivity index (χ2n) is 4.21. The van der Waals surface area contributed by atoms with Crippen LogP contribution in [-0.2, 0) is 0 Å². The van der Waals surface area contributed by atoms with Crippen molar-refractivity contribution in [3.63, 3.8) is 0 Å². The van der Waals surface area contributed by atoms with Crippen LogP contribution in [0.15, 0.2) is 23.1 Å². The molecular weight excluding hydrogens is 232 g/mol. The van der Waals surface area contributed by atoms with E-state index in [0.717, 1.165) is 30.8 Å². The number of benzene rings is 1. The molecule has 92 valence electrons. The lowest BCUT2D eigenvalue weighted by Crippen LogP contribution is -2.27. The molecule has 0 spiro atoms. The number of amides is 1. The lowest BCUT2D eigenvalue weighted by molar-refractivity contribution is 0.0953. The van der Waals surface area contributed by atoms with Gasteiger partial charge in [-0.25, -0.2) is 0 Å². The monoisotopic (exact) mass is 250 g/mol. The number of rotatable bonds is 3. The van der Waals surface area contributed by atoms with Crippen molar-refractivity contribution in [2.45, 2.75) is 18.2 Å². The molecule has 0 atom stereocenters. The summed E-state index contributed by atoms with van der Waals surface area (Å²) in [6, 6.07) is 5.96. The smallest absolute Gasteiger partial charge is 0.251 e. The van der Waals surface area contributed by atoms with Crippen molar-refractivity contribution in [1.29, 1.82) is 0 Å². The van der Waals surface area contributed by atoms with Crippen LogP contribution in [0.2, 0.25) is 0 Å². The van der Waals surface area contributed by atoms with Crippen molar-refractivity contribution in [3.05, 3.63) is 23.8 Å². The Kier molecular flexibility index (Phi) is 3.94. The largest absolute Gasteiger partial charge is 0.373 e. The third kappa shape index (κ3) is 2.75. The number of hydrogen-bond acceptors (Lipinski definition) is 3. The van der Waals surface area contributed by atoms with E-state index in [1.165, 1.54) is 10.6 Å². The fourth-order valence-electron chi connectivity index (χ4n) is 1.83. The molecule has 0 fully saturated rings. The SMILES string of the molecule is CCCNC(=O)c1ccc2c(c1)N(C)CCS2. The van der Waals surface area contributed by atoms with Crippen molar-refractivity contribution in [1.82, 2.24) is 5.32 Å². The standard InChI is InChI=1S/C13H18N2OS/c1-3-6-14-13(16)10-4-5-12-11(9-10)15(2)7-8-17-12/h4-5,9H,3,6-8H2,1-2H3,(H,14,16). The average molecular weight is 250 g/mol. The van der Waals surface area contributed by atoms with Crippen LogP contribution in [0.3, 0.4) is 0 Å². The van der Waals surface area contributed by atoms with Gasteiger partial charge in [-0.3, -0.25) is 4.79 Å². The van der Waals surface area contributed by atoms with Crippen LogP contribution < -0.4 is 10.2 Å². The number of nitrogens with one attached hydrogen (secondary N) is 1. The van der Waals surface area contributed by atoms with Crippen molar-refractivity contribution >= 4 is 23.4 Å². The number of carbonyl (C=O) groups is 1. The highest BCUT2D eigenvalue weighted by Crippen LogP contribution is 2.34. The van der Waals surface area contributed by atoms with E-state index in [1.54, 1.807) is 0 Å². The summed E-state index contributed by atoms with van der Waals surface area (Å²) >= 11 is 1.86. The molecule has 1 heterocycles. The van der Waals surface area contributed by atoms with Crippen LogP contribution >= 0.6 is 11.8 Å². The number of fused-ring (bicyclic) bond motifs is 1. The van der Waals surface area contributed by atoms with Crippen LogP contribution in [0.5, 0.6) is 0 Å². The van der Waals surface area contributed by atoms with E-state index in [2.05, 4.69) is 30.3 Å². The third-order valence-corrected chi connectivity index (χ3v) is 3.90. The minimum atomic E-state index is 0.0265. The average Bonchev–Trinajstić information content (AvgIpc) is 2.36. The number of carbonyl (C=O) groups excluding carboxylic acids is 1. The van der Waals surface area contributed by atoms with Gasteiger partial charge in [0, 0.05) is 36.3 Å². The summed E-state index contributed by atoms with van der Waals surface area (Å²) in [6.45, 7) is 3.83. The maximum absolute atomic E-state index is 11.9. The quantitative estimate of drug-likeness (QED) is 0.894. The van der Waals surface area contributed by atoms with Gasteiger partial charge in [0.05, 0.1) is 5.69 Å². The molecule has 0 saturated carbocycles. The summed E-state index contributed by atoms with van der Waals surface area (Å²) in [5, 5.41) is 2.91. The number of thioether (sulfide) groups is 1. The maximum Gasteiger partial charge on any atom is 0.251 e. The van der Waals surface area contributed by atoms with E-state index in [4.69, 9.17) is 0 Å². The van der Waals surface area contributed by atoms with Crippen molar-refractivity contribution in [3.8, 4) is 0 Å². The van der Waals surface area contributed by atoms with Crippen LogP contribution in [0, 0.1) is 0 Å². The molecule has 0 radical (unpaired) electrons. The molecule has 1 aromatic carbocycles. The summed E-state index contributed by atoms with van der Waals surface area (Å²) in [6.07, 6.45) is 0.965. The van der Waals surface area contributed by atoms with Gasteiger partial charge in [-0.15, -0.1) is 11.8 Å². The summed E-state index contributed by atoms with van der Waals surface area (Å²) in [4.78, 5) is 15.3. The fraction of sp³-hybridized carbons (Fsp3) is 0.462. The van der Waals surface area contributed by atoms with Crippen LogP contribution in [0.4, 0.5) is 5.69 Å². The molecule has 2 rings (SSSR count). The predicted molar refractivity (Wildman–Crippen MR) is 73.1 cm³/mol. The molecule has 0 aromatic heterocycles. The third-order valence-electron chi connectivity index (χ3n) is 2.85. The van der Waals surface area contributed by atoms with Gasteiger partial charge in [0.2, 0.25) is 0 Å². The van der Waals surface area contributed by atoms with E-state index in [0.29, 0.717) is 0 Å². The summed E-state index contributed by atoms with van der Waals surface area (Å²) in [5.74, 6) is 1.14. The zero-order valence-corrected chi connectivity index (χ0v) is 11.1. The molecule has 4 heteroatoms. The molecule has 1 amide bonds. The zero-order chi connectivity index (χ0) is 12.3. The van der Waals surface area contributed by atoms with E-state index in [-0.39, 0.29) is 5.91 Å². The van der Waals surface area contributed by atoms with E-state index < -0.39 is 0 Å². The molecule has 0 aliphatic carbocycles. The van der Waals surface area contributed by atoms with Gasteiger partial charge < -0.3 is 10.2 Å². The van der Waals surface area contributed by atoms with Gasteiger partial charge in [0.15, 0.2) is 0 Å². The highest BCUT2D eigenvalue weighted by Gasteiger charge is 2.16. The molecule has 1 aliphatic heterocycles. The molecule has 1 aromatic rings. The second-order valence-corrected chi connectivity index (χ2v) is 5.35. The number of anilines is 1. The highest BCUT2D eigenvalue weighted by molar-refractivity contribution is 7.99. The first-order valence-electron chi connectivity index (χ1n) is 5.98. The zero-order valence-electron chi connectivity index (χ0n) is 10.3. The van der Waals surface area contributed by atoms with Crippen LogP contribution in [0.1, 0.15) is 23.7 Å². The van der Waals surface area contributed by atoms with Gasteiger partial charge in [-0.05, 0) is 24.6 Å². The van der Waals surface area contributed by atoms with Crippen LogP contribution in [-0.4, -0.2) is 31.8 Å². The molecule has 0 unspecified atom stereocenters. The Labute approximate surface area is 107 Å². The minimum absolute atomic E-state index is 0.0265. The van der Waals surface area contributed by atoms with E-state index >= 15 is 0 Å². The summed E-state index contributed by atoms with van der Waals surface area (Å²) in [5.41, 5.74) is 1.93. The molecule has 1 aliphatic rings. The highest BCUT2D eigenvalue weighted by atomic mass is 32.2. The normalized spacial score (nSPS) is 14.4. The molecular formula is C13H18N2OS. The number of nitrogens with zero attached hydrogens (tertiary/aromatic N) is 1. The van der Waals surface area contributed by atoms with Crippen molar-refractivity contribution in [2.75, 3.05) is 30.8 Å². The van der Waals surface area contributed by atoms with Gasteiger partial charge in [0.25, 0.3) is 5.91 Å². The fourth-order valence-corrected chi connectivity index (χ4v) is 2.94. The Morgan fingerprint density at radius 1 is 1.53 bits per heavy atom. The van der Waals surface area contributed by atoms with E-state index in [9.17, 15) is 4.79 Å². The van der Waals surface area contributed by atoms with Crippen molar-refractivity contribution < 1.29 is 4.79 Å².